The number of rotatable bonds is 4. The summed E-state index contributed by atoms with van der Waals surface area (Å²) in [6.07, 6.45) is 7.65. The summed E-state index contributed by atoms with van der Waals surface area (Å²) in [5, 5.41) is 5.33. The smallest absolute Gasteiger partial charge is 0.323 e. The number of hydrogen-bond donors (Lipinski definition) is 2. The summed E-state index contributed by atoms with van der Waals surface area (Å²) in [4.78, 5) is 19.0. The minimum absolute atomic E-state index is 0.134. The minimum Gasteiger partial charge on any atom is -0.355 e. The van der Waals surface area contributed by atoms with Gasteiger partial charge in [0.05, 0.1) is 11.4 Å². The van der Waals surface area contributed by atoms with Crippen molar-refractivity contribution in [2.45, 2.75) is 38.1 Å². The molecule has 0 unspecified atom stereocenters. The van der Waals surface area contributed by atoms with Crippen LogP contribution in [0.3, 0.4) is 0 Å². The van der Waals surface area contributed by atoms with Crippen molar-refractivity contribution in [1.82, 2.24) is 4.98 Å². The van der Waals surface area contributed by atoms with Gasteiger partial charge in [-0.2, -0.15) is 0 Å². The van der Waals surface area contributed by atoms with Crippen molar-refractivity contribution < 1.29 is 9.18 Å². The number of hydrogen-bond acceptors (Lipinski definition) is 3. The maximum absolute atomic E-state index is 13.7. The van der Waals surface area contributed by atoms with E-state index in [1.807, 2.05) is 13.1 Å². The first kappa shape index (κ1) is 18.6. The van der Waals surface area contributed by atoms with Crippen molar-refractivity contribution >= 4 is 39.2 Å². The van der Waals surface area contributed by atoms with Crippen molar-refractivity contribution in [3.05, 3.63) is 46.8 Å². The molecule has 2 amide bonds. The molecule has 0 spiro atoms. The predicted molar refractivity (Wildman–Crippen MR) is 106 cm³/mol. The normalized spacial score (nSPS) is 14.7. The molecule has 0 bridgehead atoms. The van der Waals surface area contributed by atoms with E-state index in [1.165, 1.54) is 31.4 Å². The summed E-state index contributed by atoms with van der Waals surface area (Å²) >= 11 is 3.40. The Morgan fingerprint density at radius 2 is 1.88 bits per heavy atom. The fourth-order valence-corrected chi connectivity index (χ4v) is 3.62. The molecule has 1 aliphatic carbocycles. The van der Waals surface area contributed by atoms with Crippen LogP contribution < -0.4 is 15.5 Å². The summed E-state index contributed by atoms with van der Waals surface area (Å²) in [7, 11) is 2.01. The van der Waals surface area contributed by atoms with Crippen molar-refractivity contribution in [2.75, 3.05) is 22.6 Å². The molecule has 0 atom stereocenters. The number of benzene rings is 1. The van der Waals surface area contributed by atoms with Gasteiger partial charge in [0.15, 0.2) is 5.82 Å². The van der Waals surface area contributed by atoms with Gasteiger partial charge in [0.25, 0.3) is 0 Å². The number of amides is 2. The van der Waals surface area contributed by atoms with Crippen molar-refractivity contribution in [2.24, 2.45) is 0 Å². The molecule has 138 valence electrons. The Morgan fingerprint density at radius 3 is 2.62 bits per heavy atom. The third kappa shape index (κ3) is 4.52. The van der Waals surface area contributed by atoms with Gasteiger partial charge in [0.1, 0.15) is 5.82 Å². The number of halogens is 2. The first-order valence-electron chi connectivity index (χ1n) is 8.75. The van der Waals surface area contributed by atoms with Crippen LogP contribution in [-0.4, -0.2) is 24.1 Å². The van der Waals surface area contributed by atoms with Crippen LogP contribution in [0.15, 0.2) is 41.0 Å². The molecule has 3 rings (SSSR count). The number of anilines is 3. The van der Waals surface area contributed by atoms with Crippen LogP contribution in [0.1, 0.15) is 32.1 Å². The Morgan fingerprint density at radius 1 is 1.19 bits per heavy atom. The molecule has 1 heterocycles. The highest BCUT2D eigenvalue weighted by molar-refractivity contribution is 9.10. The molecule has 1 saturated carbocycles. The first-order valence-corrected chi connectivity index (χ1v) is 9.55. The first-order chi connectivity index (χ1) is 12.5. The number of carbonyl (C=O) groups is 1. The van der Waals surface area contributed by atoms with E-state index < -0.39 is 11.8 Å². The van der Waals surface area contributed by atoms with Gasteiger partial charge in [-0.25, -0.2) is 14.2 Å². The van der Waals surface area contributed by atoms with Crippen LogP contribution >= 0.6 is 15.9 Å². The third-order valence-electron chi connectivity index (χ3n) is 4.66. The van der Waals surface area contributed by atoms with Crippen LogP contribution in [0.4, 0.5) is 26.4 Å². The van der Waals surface area contributed by atoms with Crippen molar-refractivity contribution in [3.63, 3.8) is 0 Å². The molecule has 2 aromatic rings. The third-order valence-corrected chi connectivity index (χ3v) is 5.09. The summed E-state index contributed by atoms with van der Waals surface area (Å²) in [5.74, 6) is 0.235. The van der Waals surface area contributed by atoms with E-state index in [-0.39, 0.29) is 5.69 Å². The van der Waals surface area contributed by atoms with E-state index in [9.17, 15) is 9.18 Å². The molecule has 0 saturated heterocycles. The van der Waals surface area contributed by atoms with E-state index in [4.69, 9.17) is 0 Å². The lowest BCUT2D eigenvalue weighted by Gasteiger charge is -2.33. The molecule has 1 aliphatic rings. The molecule has 0 aliphatic heterocycles. The van der Waals surface area contributed by atoms with Crippen LogP contribution in [0, 0.1) is 5.82 Å². The minimum atomic E-state index is -0.506. The molecule has 26 heavy (non-hydrogen) atoms. The fraction of sp³-hybridized carbons (Fsp3) is 0.368. The summed E-state index contributed by atoms with van der Waals surface area (Å²) in [5.41, 5.74) is 0.719. The zero-order valence-corrected chi connectivity index (χ0v) is 16.2. The number of pyridine rings is 1. The Labute approximate surface area is 161 Å². The summed E-state index contributed by atoms with van der Waals surface area (Å²) in [6.45, 7) is 0. The molecule has 0 radical (unpaired) electrons. The molecule has 1 aromatic carbocycles. The highest BCUT2D eigenvalue weighted by atomic mass is 79.9. The number of urea groups is 1. The van der Waals surface area contributed by atoms with Crippen molar-refractivity contribution in [3.8, 4) is 0 Å². The van der Waals surface area contributed by atoms with Gasteiger partial charge in [0, 0.05) is 23.8 Å². The largest absolute Gasteiger partial charge is 0.355 e. The molecule has 7 heteroatoms. The van der Waals surface area contributed by atoms with Gasteiger partial charge in [0.2, 0.25) is 0 Å². The maximum Gasteiger partial charge on any atom is 0.323 e. The van der Waals surface area contributed by atoms with E-state index in [0.717, 1.165) is 17.3 Å². The van der Waals surface area contributed by atoms with Crippen LogP contribution in [0.2, 0.25) is 0 Å². The molecular formula is C19H22BrFN4O. The highest BCUT2D eigenvalue weighted by Gasteiger charge is 2.22. The van der Waals surface area contributed by atoms with Gasteiger partial charge in [-0.05, 0) is 47.0 Å². The van der Waals surface area contributed by atoms with Gasteiger partial charge < -0.3 is 15.5 Å². The Balaban J connectivity index is 1.77. The van der Waals surface area contributed by atoms with E-state index in [2.05, 4.69) is 36.4 Å². The van der Waals surface area contributed by atoms with Crippen LogP contribution in [-0.2, 0) is 0 Å². The van der Waals surface area contributed by atoms with E-state index >= 15 is 0 Å². The second kappa shape index (κ2) is 8.49. The predicted octanol–water partition coefficient (Wildman–Crippen LogP) is 5.40. The fourth-order valence-electron chi connectivity index (χ4n) is 3.28. The highest BCUT2D eigenvalue weighted by Crippen LogP contribution is 2.31. The second-order valence-electron chi connectivity index (χ2n) is 6.49. The number of aromatic nitrogens is 1. The Kier molecular flexibility index (Phi) is 6.08. The number of nitrogens with zero attached hydrogens (tertiary/aromatic N) is 2. The Hall–Kier alpha value is -2.15. The Bertz CT molecular complexity index is 780. The monoisotopic (exact) mass is 420 g/mol. The van der Waals surface area contributed by atoms with E-state index in [0.29, 0.717) is 17.5 Å². The average Bonchev–Trinajstić information content (AvgIpc) is 2.64. The topological polar surface area (TPSA) is 57.3 Å². The standard InChI is InChI=1S/C19H22BrFN4O/c1-25(14-7-3-2-4-8-14)18-17(11-13(20)12-22-18)24-19(26)23-16-10-6-5-9-15(16)21/h5-6,9-12,14H,2-4,7-8H2,1H3,(H2,23,24,26). The molecule has 1 fully saturated rings. The lowest BCUT2D eigenvalue weighted by atomic mass is 9.94. The number of nitrogens with one attached hydrogen (secondary N) is 2. The van der Waals surface area contributed by atoms with Gasteiger partial charge in [-0.3, -0.25) is 0 Å². The summed E-state index contributed by atoms with van der Waals surface area (Å²) < 4.78 is 14.5. The number of para-hydroxylation sites is 1. The molecular weight excluding hydrogens is 399 g/mol. The molecule has 5 nitrogen and oxygen atoms in total. The molecule has 1 aromatic heterocycles. The lowest BCUT2D eigenvalue weighted by molar-refractivity contribution is 0.262. The quantitative estimate of drug-likeness (QED) is 0.696. The van der Waals surface area contributed by atoms with Gasteiger partial charge >= 0.3 is 6.03 Å². The maximum atomic E-state index is 13.7. The van der Waals surface area contributed by atoms with Crippen molar-refractivity contribution in [1.29, 1.82) is 0 Å². The number of carbonyl (C=O) groups excluding carboxylic acids is 1. The van der Waals surface area contributed by atoms with Gasteiger partial charge in [-0.15, -0.1) is 0 Å². The zero-order valence-electron chi connectivity index (χ0n) is 14.6. The SMILES string of the molecule is CN(c1ncc(Br)cc1NC(=O)Nc1ccccc1F)C1CCCCC1. The lowest BCUT2D eigenvalue weighted by Crippen LogP contribution is -2.35. The van der Waals surface area contributed by atoms with Crippen LogP contribution in [0.5, 0.6) is 0 Å². The summed E-state index contributed by atoms with van der Waals surface area (Å²) in [6, 6.07) is 7.78. The van der Waals surface area contributed by atoms with E-state index in [1.54, 1.807) is 18.3 Å². The second-order valence-corrected chi connectivity index (χ2v) is 7.40. The average molecular weight is 421 g/mol. The van der Waals surface area contributed by atoms with Crippen LogP contribution in [0.25, 0.3) is 0 Å². The molecule has 2 N–H and O–H groups in total. The van der Waals surface area contributed by atoms with Gasteiger partial charge in [-0.1, -0.05) is 31.4 Å². The zero-order chi connectivity index (χ0) is 18.5.